The summed E-state index contributed by atoms with van der Waals surface area (Å²) in [6.45, 7) is 2.13. The summed E-state index contributed by atoms with van der Waals surface area (Å²) < 4.78 is 2.01. The van der Waals surface area contributed by atoms with Crippen molar-refractivity contribution >= 4 is 22.0 Å². The van der Waals surface area contributed by atoms with Crippen LogP contribution in [0, 0.1) is 0 Å². The van der Waals surface area contributed by atoms with Crippen LogP contribution >= 0.6 is 0 Å². The monoisotopic (exact) mass is 183 g/mol. The van der Waals surface area contributed by atoms with Crippen molar-refractivity contribution in [2.75, 3.05) is 7.05 Å². The minimum Gasteiger partial charge on any atom is -0.474 e. The summed E-state index contributed by atoms with van der Waals surface area (Å²) in [7, 11) is 1.82. The Morgan fingerprint density at radius 2 is 2.17 bits per heavy atom. The average Bonchev–Trinajstić information content (AvgIpc) is 2.68. The van der Waals surface area contributed by atoms with E-state index in [2.05, 4.69) is 30.1 Å². The minimum atomic E-state index is -0.170. The molecule has 0 unspecified atom stereocenters. The summed E-state index contributed by atoms with van der Waals surface area (Å²) in [5.74, 6) is 7.68. The van der Waals surface area contributed by atoms with Gasteiger partial charge >= 0.3 is 0 Å². The molecule has 2 nitrogen and oxygen atoms in total. The molecule has 0 bridgehead atoms. The second-order valence-electron chi connectivity index (χ2n) is 2.70. The van der Waals surface area contributed by atoms with E-state index in [0.29, 0.717) is 0 Å². The average molecular weight is 183 g/mol. The topological polar surface area (TPSA) is 25.2 Å². The molecule has 0 amide bonds. The van der Waals surface area contributed by atoms with Crippen LogP contribution in [0.2, 0.25) is 0 Å². The predicted octanol–water partition coefficient (Wildman–Crippen LogP) is 1.05. The normalized spacial score (nSPS) is 21.6. The lowest BCUT2D eigenvalue weighted by Crippen LogP contribution is -2.06. The van der Waals surface area contributed by atoms with Crippen LogP contribution in [0.4, 0.5) is 0 Å². The number of hydrogen-bond acceptors (Lipinski definition) is 3. The van der Waals surface area contributed by atoms with Crippen molar-refractivity contribution in [2.45, 2.75) is 13.3 Å². The fourth-order valence-corrected chi connectivity index (χ4v) is 1.09. The molecule has 1 saturated heterocycles. The van der Waals surface area contributed by atoms with Gasteiger partial charge in [-0.15, -0.1) is 0 Å². The molecule has 0 saturated carbocycles. The van der Waals surface area contributed by atoms with Gasteiger partial charge in [0, 0.05) is 6.20 Å². The standard InChI is InChI=1S/C9H15N2S/c1-5-6-8-9(10-8)7-11(2)12(3)4/h6-7,10H,3-5H2,1-2H3/q-1. The number of allylic oxidation sites excluding steroid dienone is 1. The van der Waals surface area contributed by atoms with E-state index in [1.54, 1.807) is 0 Å². The Bertz CT molecular complexity index is 290. The molecule has 0 spiro atoms. The molecule has 0 atom stereocenters. The first-order valence-corrected chi connectivity index (χ1v) is 5.43. The lowest BCUT2D eigenvalue weighted by atomic mass is 10.4. The Morgan fingerprint density at radius 1 is 1.50 bits per heavy atom. The third kappa shape index (κ3) is 2.34. The fraction of sp³-hybridized carbons (Fsp3) is 0.333. The van der Waals surface area contributed by atoms with Gasteiger partial charge in [0.1, 0.15) is 0 Å². The van der Waals surface area contributed by atoms with Crippen LogP contribution in [0.3, 0.4) is 0 Å². The summed E-state index contributed by atoms with van der Waals surface area (Å²) >= 11 is 0. The zero-order chi connectivity index (χ0) is 9.14. The smallest absolute Gasteiger partial charge is 0.0765 e. The van der Waals surface area contributed by atoms with Crippen molar-refractivity contribution in [3.8, 4) is 0 Å². The Kier molecular flexibility index (Phi) is 2.87. The van der Waals surface area contributed by atoms with Gasteiger partial charge in [0.05, 0.1) is 11.4 Å². The molecule has 68 valence electrons. The first kappa shape index (κ1) is 9.26. The molecule has 1 rings (SSSR count). The molecule has 1 N–H and O–H groups in total. The summed E-state index contributed by atoms with van der Waals surface area (Å²) in [5, 5.41) is 3.18. The molecule has 1 fully saturated rings. The van der Waals surface area contributed by atoms with Crippen LogP contribution in [-0.4, -0.2) is 23.1 Å². The van der Waals surface area contributed by atoms with Gasteiger partial charge in [-0.05, 0) is 13.5 Å². The van der Waals surface area contributed by atoms with Crippen molar-refractivity contribution in [1.82, 2.24) is 9.62 Å². The molecular weight excluding hydrogens is 168 g/mol. The van der Waals surface area contributed by atoms with E-state index >= 15 is 0 Å². The summed E-state index contributed by atoms with van der Waals surface area (Å²) in [4.78, 5) is 0. The first-order valence-electron chi connectivity index (χ1n) is 3.91. The molecular formula is C9H15N2S-. The van der Waals surface area contributed by atoms with E-state index in [1.165, 1.54) is 11.4 Å². The van der Waals surface area contributed by atoms with Crippen molar-refractivity contribution in [1.29, 1.82) is 0 Å². The lowest BCUT2D eigenvalue weighted by Gasteiger charge is -2.21. The highest BCUT2D eigenvalue weighted by molar-refractivity contribution is 7.89. The molecule has 0 aromatic rings. The van der Waals surface area contributed by atoms with Crippen molar-refractivity contribution < 1.29 is 0 Å². The van der Waals surface area contributed by atoms with Crippen molar-refractivity contribution in [3.05, 3.63) is 23.7 Å². The Morgan fingerprint density at radius 3 is 2.67 bits per heavy atom. The molecule has 1 aliphatic heterocycles. The Hall–Kier alpha value is -0.830. The zero-order valence-electron chi connectivity index (χ0n) is 7.63. The number of hydrogen-bond donors (Lipinski definition) is 1. The van der Waals surface area contributed by atoms with Crippen molar-refractivity contribution in [2.24, 2.45) is 0 Å². The van der Waals surface area contributed by atoms with Crippen LogP contribution in [-0.2, 0) is 10.3 Å². The molecule has 0 radical (unpaired) electrons. The summed E-state index contributed by atoms with van der Waals surface area (Å²) in [5.41, 5.74) is 2.44. The second kappa shape index (κ2) is 3.72. The Labute approximate surface area is 76.2 Å². The van der Waals surface area contributed by atoms with E-state index in [0.717, 1.165) is 6.42 Å². The third-order valence-corrected chi connectivity index (χ3v) is 2.54. The van der Waals surface area contributed by atoms with Crippen LogP contribution in [0.25, 0.3) is 0 Å². The molecule has 1 heterocycles. The first-order chi connectivity index (χ1) is 5.65. The molecule has 12 heavy (non-hydrogen) atoms. The molecule has 0 aromatic carbocycles. The van der Waals surface area contributed by atoms with Gasteiger partial charge < -0.3 is 19.9 Å². The SMILES string of the molecule is C=[S-](=C)N(C)C=C1NC1=CCC. The van der Waals surface area contributed by atoms with E-state index in [-0.39, 0.29) is 10.3 Å². The predicted molar refractivity (Wildman–Crippen MR) is 59.0 cm³/mol. The van der Waals surface area contributed by atoms with Gasteiger partial charge in [-0.3, -0.25) is 0 Å². The zero-order valence-corrected chi connectivity index (χ0v) is 8.45. The Balaban J connectivity index is 2.58. The van der Waals surface area contributed by atoms with E-state index in [4.69, 9.17) is 0 Å². The van der Waals surface area contributed by atoms with E-state index in [9.17, 15) is 0 Å². The van der Waals surface area contributed by atoms with Gasteiger partial charge in [0.2, 0.25) is 0 Å². The molecule has 0 aliphatic carbocycles. The largest absolute Gasteiger partial charge is 0.474 e. The second-order valence-corrected chi connectivity index (χ2v) is 4.20. The molecule has 1 aliphatic rings. The van der Waals surface area contributed by atoms with Crippen LogP contribution < -0.4 is 5.32 Å². The van der Waals surface area contributed by atoms with Crippen LogP contribution in [0.1, 0.15) is 13.3 Å². The van der Waals surface area contributed by atoms with Crippen LogP contribution in [0.15, 0.2) is 23.7 Å². The van der Waals surface area contributed by atoms with Crippen LogP contribution in [0.5, 0.6) is 0 Å². The number of nitrogens with zero attached hydrogens (tertiary/aromatic N) is 1. The maximum atomic E-state index is 3.84. The highest BCUT2D eigenvalue weighted by Crippen LogP contribution is 2.20. The molecule has 0 aromatic heterocycles. The van der Waals surface area contributed by atoms with E-state index in [1.807, 2.05) is 17.6 Å². The number of rotatable bonds is 3. The van der Waals surface area contributed by atoms with Gasteiger partial charge in [-0.2, -0.15) is 0 Å². The van der Waals surface area contributed by atoms with Gasteiger partial charge in [-0.1, -0.05) is 13.0 Å². The lowest BCUT2D eigenvalue weighted by molar-refractivity contribution is 0.775. The number of nitrogens with one attached hydrogen (secondary N) is 1. The molecule has 3 heteroatoms. The fourth-order valence-electron chi connectivity index (χ4n) is 0.837. The maximum absolute atomic E-state index is 3.84. The maximum Gasteiger partial charge on any atom is 0.0765 e. The third-order valence-electron chi connectivity index (χ3n) is 1.62. The highest BCUT2D eigenvalue weighted by Gasteiger charge is 2.17. The summed E-state index contributed by atoms with van der Waals surface area (Å²) in [6, 6.07) is 0. The summed E-state index contributed by atoms with van der Waals surface area (Å²) in [6.07, 6.45) is 5.29. The van der Waals surface area contributed by atoms with Gasteiger partial charge in [0.25, 0.3) is 0 Å². The highest BCUT2D eigenvalue weighted by atomic mass is 32.2. The van der Waals surface area contributed by atoms with Gasteiger partial charge in [-0.25, -0.2) is 11.7 Å². The van der Waals surface area contributed by atoms with Crippen molar-refractivity contribution in [3.63, 3.8) is 0 Å². The van der Waals surface area contributed by atoms with E-state index < -0.39 is 0 Å². The van der Waals surface area contributed by atoms with Gasteiger partial charge in [0.15, 0.2) is 0 Å². The minimum absolute atomic E-state index is 0.170. The quantitative estimate of drug-likeness (QED) is 0.402.